The van der Waals surface area contributed by atoms with E-state index in [1.165, 1.54) is 11.3 Å². The van der Waals surface area contributed by atoms with Crippen molar-refractivity contribution in [3.63, 3.8) is 0 Å². The Morgan fingerprint density at radius 2 is 1.95 bits per heavy atom. The summed E-state index contributed by atoms with van der Waals surface area (Å²) in [6.07, 6.45) is 2.12. The van der Waals surface area contributed by atoms with Crippen molar-refractivity contribution in [2.75, 3.05) is 11.4 Å². The minimum absolute atomic E-state index is 0.0646. The molecule has 1 aliphatic rings. The molecule has 0 N–H and O–H groups in total. The van der Waals surface area contributed by atoms with Crippen LogP contribution in [0.15, 0.2) is 18.2 Å². The van der Waals surface area contributed by atoms with Crippen molar-refractivity contribution in [3.05, 3.63) is 28.8 Å². The number of fused-ring (bicyclic) bond motifs is 1. The number of ketones is 1. The first kappa shape index (κ1) is 16.4. The van der Waals surface area contributed by atoms with Crippen LogP contribution in [0, 0.1) is 11.3 Å². The Morgan fingerprint density at radius 1 is 1.29 bits per heavy atom. The second kappa shape index (κ2) is 6.00. The lowest BCUT2D eigenvalue weighted by Crippen LogP contribution is -2.51. The molecule has 2 nitrogen and oxygen atoms in total. The van der Waals surface area contributed by atoms with Crippen LogP contribution in [0.2, 0.25) is 5.02 Å². The maximum absolute atomic E-state index is 12.9. The van der Waals surface area contributed by atoms with Gasteiger partial charge in [0.1, 0.15) is 0 Å². The number of rotatable bonds is 3. The smallest absolute Gasteiger partial charge is 0.160 e. The molecule has 0 fully saturated rings. The zero-order chi connectivity index (χ0) is 15.8. The molecule has 0 radical (unpaired) electrons. The summed E-state index contributed by atoms with van der Waals surface area (Å²) in [7, 11) is 0. The lowest BCUT2D eigenvalue weighted by Gasteiger charge is -2.41. The standard InChI is InChI=1S/C18H26ClNO/c1-12(2)16(17(21)18(3,4)5)20-10-6-7-13-11-14(19)8-9-15(13)20/h8-9,11-12,16H,6-7,10H2,1-5H3. The third-order valence-corrected chi connectivity index (χ3v) is 4.41. The predicted octanol–water partition coefficient (Wildman–Crippen LogP) is 4.73. The van der Waals surface area contributed by atoms with Gasteiger partial charge in [-0.25, -0.2) is 0 Å². The van der Waals surface area contributed by atoms with Crippen LogP contribution in [0.4, 0.5) is 5.69 Å². The van der Waals surface area contributed by atoms with Crippen LogP contribution in [0.5, 0.6) is 0 Å². The second-order valence-corrected chi connectivity index (χ2v) is 7.81. The fourth-order valence-electron chi connectivity index (χ4n) is 3.13. The average molecular weight is 308 g/mol. The van der Waals surface area contributed by atoms with Gasteiger partial charge in [-0.05, 0) is 42.5 Å². The number of benzene rings is 1. The van der Waals surface area contributed by atoms with Crippen LogP contribution >= 0.6 is 11.6 Å². The molecule has 0 aromatic heterocycles. The summed E-state index contributed by atoms with van der Waals surface area (Å²) in [4.78, 5) is 15.2. The first-order valence-corrected chi connectivity index (χ1v) is 8.19. The molecule has 0 aliphatic carbocycles. The summed E-state index contributed by atoms with van der Waals surface area (Å²) in [5.41, 5.74) is 2.13. The molecule has 0 saturated carbocycles. The molecule has 3 heteroatoms. The molecular weight excluding hydrogens is 282 g/mol. The third-order valence-electron chi connectivity index (χ3n) is 4.17. The van der Waals surface area contributed by atoms with Gasteiger partial charge in [-0.3, -0.25) is 4.79 Å². The Morgan fingerprint density at radius 3 is 2.52 bits per heavy atom. The molecule has 0 bridgehead atoms. The highest BCUT2D eigenvalue weighted by Crippen LogP contribution is 2.35. The van der Waals surface area contributed by atoms with Crippen LogP contribution in [0.3, 0.4) is 0 Å². The largest absolute Gasteiger partial charge is 0.361 e. The Labute approximate surface area is 133 Å². The van der Waals surface area contributed by atoms with E-state index in [4.69, 9.17) is 11.6 Å². The van der Waals surface area contributed by atoms with Gasteiger partial charge in [0.2, 0.25) is 0 Å². The highest BCUT2D eigenvalue weighted by molar-refractivity contribution is 6.30. The summed E-state index contributed by atoms with van der Waals surface area (Å²) in [6, 6.07) is 5.98. The molecule has 1 atom stereocenters. The number of aryl methyl sites for hydroxylation is 1. The Kier molecular flexibility index (Phi) is 4.67. The van der Waals surface area contributed by atoms with Crippen LogP contribution in [0.25, 0.3) is 0 Å². The summed E-state index contributed by atoms with van der Waals surface area (Å²) < 4.78 is 0. The van der Waals surface area contributed by atoms with E-state index < -0.39 is 0 Å². The number of halogens is 1. The lowest BCUT2D eigenvalue weighted by molar-refractivity contribution is -0.128. The zero-order valence-electron chi connectivity index (χ0n) is 13.7. The zero-order valence-corrected chi connectivity index (χ0v) is 14.5. The molecular formula is C18H26ClNO. The lowest BCUT2D eigenvalue weighted by atomic mass is 9.81. The van der Waals surface area contributed by atoms with Crippen molar-refractivity contribution in [1.82, 2.24) is 0 Å². The molecule has 116 valence electrons. The van der Waals surface area contributed by atoms with Gasteiger partial charge in [0.15, 0.2) is 5.78 Å². The van der Waals surface area contributed by atoms with E-state index >= 15 is 0 Å². The van der Waals surface area contributed by atoms with Crippen LogP contribution in [-0.2, 0) is 11.2 Å². The number of Topliss-reactive ketones (excluding diaryl/α,β-unsaturated/α-hetero) is 1. The highest BCUT2D eigenvalue weighted by atomic mass is 35.5. The fraction of sp³-hybridized carbons (Fsp3) is 0.611. The number of nitrogens with zero attached hydrogens (tertiary/aromatic N) is 1. The summed E-state index contributed by atoms with van der Waals surface area (Å²) in [5.74, 6) is 0.610. The Hall–Kier alpha value is -1.02. The Balaban J connectivity index is 2.42. The first-order chi connectivity index (χ1) is 9.71. The summed E-state index contributed by atoms with van der Waals surface area (Å²) in [5, 5.41) is 0.777. The van der Waals surface area contributed by atoms with Crippen molar-refractivity contribution in [2.45, 2.75) is 53.5 Å². The number of carbonyl (C=O) groups excluding carboxylic acids is 1. The average Bonchev–Trinajstić information content (AvgIpc) is 2.37. The van der Waals surface area contributed by atoms with Gasteiger partial charge in [-0.2, -0.15) is 0 Å². The number of hydrogen-bond acceptors (Lipinski definition) is 2. The van der Waals surface area contributed by atoms with Crippen molar-refractivity contribution in [1.29, 1.82) is 0 Å². The number of hydrogen-bond donors (Lipinski definition) is 0. The van der Waals surface area contributed by atoms with Gasteiger partial charge < -0.3 is 4.90 Å². The minimum Gasteiger partial charge on any atom is -0.361 e. The third kappa shape index (κ3) is 3.42. The fourth-order valence-corrected chi connectivity index (χ4v) is 3.33. The normalized spacial score (nSPS) is 16.8. The van der Waals surface area contributed by atoms with Gasteiger partial charge in [0, 0.05) is 22.7 Å². The van der Waals surface area contributed by atoms with Gasteiger partial charge in [-0.15, -0.1) is 0 Å². The van der Waals surface area contributed by atoms with E-state index in [9.17, 15) is 4.79 Å². The van der Waals surface area contributed by atoms with Gasteiger partial charge in [0.05, 0.1) is 6.04 Å². The van der Waals surface area contributed by atoms with E-state index in [2.05, 4.69) is 24.8 Å². The topological polar surface area (TPSA) is 20.3 Å². The van der Waals surface area contributed by atoms with Gasteiger partial charge in [0.25, 0.3) is 0 Å². The van der Waals surface area contributed by atoms with Crippen LogP contribution in [-0.4, -0.2) is 18.4 Å². The number of anilines is 1. The minimum atomic E-state index is -0.320. The maximum Gasteiger partial charge on any atom is 0.160 e. The summed E-state index contributed by atoms with van der Waals surface area (Å²) in [6.45, 7) is 11.3. The number of carbonyl (C=O) groups is 1. The molecule has 1 unspecified atom stereocenters. The first-order valence-electron chi connectivity index (χ1n) is 7.81. The molecule has 1 aromatic carbocycles. The molecule has 1 aromatic rings. The van der Waals surface area contributed by atoms with Crippen molar-refractivity contribution >= 4 is 23.1 Å². The van der Waals surface area contributed by atoms with Crippen molar-refractivity contribution in [3.8, 4) is 0 Å². The van der Waals surface area contributed by atoms with E-state index in [0.29, 0.717) is 11.7 Å². The molecule has 0 saturated heterocycles. The van der Waals surface area contributed by atoms with E-state index in [0.717, 1.165) is 24.4 Å². The Bertz CT molecular complexity index is 531. The molecule has 0 spiro atoms. The van der Waals surface area contributed by atoms with Crippen molar-refractivity contribution in [2.24, 2.45) is 11.3 Å². The molecule has 21 heavy (non-hydrogen) atoms. The van der Waals surface area contributed by atoms with Gasteiger partial charge >= 0.3 is 0 Å². The van der Waals surface area contributed by atoms with Crippen LogP contribution < -0.4 is 4.90 Å². The van der Waals surface area contributed by atoms with Gasteiger partial charge in [-0.1, -0.05) is 46.2 Å². The molecule has 0 amide bonds. The SMILES string of the molecule is CC(C)C(C(=O)C(C)(C)C)N1CCCc2cc(Cl)ccc21. The molecule has 1 heterocycles. The maximum atomic E-state index is 12.9. The predicted molar refractivity (Wildman–Crippen MR) is 90.2 cm³/mol. The van der Waals surface area contributed by atoms with E-state index in [1.54, 1.807) is 0 Å². The monoisotopic (exact) mass is 307 g/mol. The van der Waals surface area contributed by atoms with Crippen molar-refractivity contribution < 1.29 is 4.79 Å². The summed E-state index contributed by atoms with van der Waals surface area (Å²) >= 11 is 6.12. The molecule has 1 aliphatic heterocycles. The highest BCUT2D eigenvalue weighted by Gasteiger charge is 2.37. The van der Waals surface area contributed by atoms with E-state index in [1.807, 2.05) is 32.9 Å². The van der Waals surface area contributed by atoms with E-state index in [-0.39, 0.29) is 11.5 Å². The quantitative estimate of drug-likeness (QED) is 0.804. The second-order valence-electron chi connectivity index (χ2n) is 7.37. The molecule has 2 rings (SSSR count). The van der Waals surface area contributed by atoms with Crippen LogP contribution in [0.1, 0.15) is 46.6 Å².